The third-order valence-electron chi connectivity index (χ3n) is 4.12. The van der Waals surface area contributed by atoms with Crippen LogP contribution in [-0.2, 0) is 9.47 Å². The molecule has 0 amide bonds. The van der Waals surface area contributed by atoms with Crippen LogP contribution in [0.1, 0.15) is 25.3 Å². The molecule has 1 atom stereocenters. The number of hydrogen-bond acceptors (Lipinski definition) is 4. The van der Waals surface area contributed by atoms with Gasteiger partial charge in [-0.3, -0.25) is 4.99 Å². The topological polar surface area (TPSA) is 64.1 Å². The smallest absolute Gasteiger partial charge is 0.191 e. The minimum Gasteiger partial charge on any atom is -0.492 e. The molecule has 7 heteroatoms. The van der Waals surface area contributed by atoms with E-state index in [1.807, 2.05) is 12.1 Å². The van der Waals surface area contributed by atoms with Crippen LogP contribution in [0.3, 0.4) is 0 Å². The maximum absolute atomic E-state index is 5.72. The number of benzene rings is 1. The molecule has 2 N–H and O–H groups in total. The molecule has 1 unspecified atom stereocenters. The lowest BCUT2D eigenvalue weighted by atomic mass is 10.1. The van der Waals surface area contributed by atoms with Crippen molar-refractivity contribution in [2.24, 2.45) is 10.9 Å². The van der Waals surface area contributed by atoms with Gasteiger partial charge in [0.15, 0.2) is 5.96 Å². The lowest BCUT2D eigenvalue weighted by molar-refractivity contribution is 0.0893. The molecular weight excluding hydrogens is 457 g/mol. The molecule has 0 aliphatic carbocycles. The second-order valence-corrected chi connectivity index (χ2v) is 6.51. The molecule has 0 bridgehead atoms. The molecule has 0 spiro atoms. The number of guanidine groups is 1. The molecule has 1 aromatic carbocycles. The van der Waals surface area contributed by atoms with E-state index in [0.29, 0.717) is 19.1 Å². The van der Waals surface area contributed by atoms with Crippen LogP contribution in [0.2, 0.25) is 0 Å². The predicted molar refractivity (Wildman–Crippen MR) is 120 cm³/mol. The van der Waals surface area contributed by atoms with Crippen molar-refractivity contribution in [2.75, 3.05) is 52.7 Å². The van der Waals surface area contributed by atoms with Gasteiger partial charge in [0.2, 0.25) is 0 Å². The lowest BCUT2D eigenvalue weighted by Gasteiger charge is -2.12. The van der Waals surface area contributed by atoms with Crippen molar-refractivity contribution in [3.63, 3.8) is 0 Å². The van der Waals surface area contributed by atoms with E-state index in [9.17, 15) is 0 Å². The standard InChI is InChI=1S/C20H33N3O3.HI/c1-3-21-20(22-10-4-12-24-15-18-9-13-25-16-18)23-11-14-26-19-7-5-17(2)6-8-19;/h5-8,18H,3-4,9-16H2,1-2H3,(H2,21,22,23);1H. The Kier molecular flexibility index (Phi) is 13.3. The van der Waals surface area contributed by atoms with Gasteiger partial charge < -0.3 is 24.8 Å². The Balaban J connectivity index is 0.00000364. The normalized spacial score (nSPS) is 16.7. The molecule has 6 nitrogen and oxygen atoms in total. The molecule has 1 heterocycles. The van der Waals surface area contributed by atoms with Gasteiger partial charge in [0.25, 0.3) is 0 Å². The Labute approximate surface area is 180 Å². The zero-order valence-corrected chi connectivity index (χ0v) is 18.9. The fraction of sp³-hybridized carbons (Fsp3) is 0.650. The summed E-state index contributed by atoms with van der Waals surface area (Å²) < 4.78 is 16.8. The van der Waals surface area contributed by atoms with Crippen molar-refractivity contribution < 1.29 is 14.2 Å². The van der Waals surface area contributed by atoms with Gasteiger partial charge in [0, 0.05) is 32.2 Å². The van der Waals surface area contributed by atoms with Crippen LogP contribution in [0.4, 0.5) is 0 Å². The van der Waals surface area contributed by atoms with Crippen molar-refractivity contribution in [1.29, 1.82) is 0 Å². The van der Waals surface area contributed by atoms with Gasteiger partial charge in [-0.2, -0.15) is 0 Å². The molecule has 1 fully saturated rings. The first-order chi connectivity index (χ1) is 12.8. The van der Waals surface area contributed by atoms with Crippen LogP contribution in [0.5, 0.6) is 5.75 Å². The molecule has 27 heavy (non-hydrogen) atoms. The Bertz CT molecular complexity index is 520. The van der Waals surface area contributed by atoms with Crippen molar-refractivity contribution in [3.05, 3.63) is 29.8 Å². The van der Waals surface area contributed by atoms with Crippen molar-refractivity contribution in [1.82, 2.24) is 10.6 Å². The van der Waals surface area contributed by atoms with E-state index in [1.165, 1.54) is 5.56 Å². The van der Waals surface area contributed by atoms with Gasteiger partial charge in [-0.1, -0.05) is 17.7 Å². The Hall–Kier alpha value is -1.06. The number of hydrogen-bond donors (Lipinski definition) is 2. The second-order valence-electron chi connectivity index (χ2n) is 6.51. The third kappa shape index (κ3) is 10.8. The van der Waals surface area contributed by atoms with Gasteiger partial charge >= 0.3 is 0 Å². The SMILES string of the molecule is CCNC(=NCCCOCC1CCOC1)NCCOc1ccc(C)cc1.I. The van der Waals surface area contributed by atoms with Crippen LogP contribution in [0, 0.1) is 12.8 Å². The monoisotopic (exact) mass is 491 g/mol. The van der Waals surface area contributed by atoms with Crippen LogP contribution in [-0.4, -0.2) is 58.6 Å². The fourth-order valence-corrected chi connectivity index (χ4v) is 2.64. The molecular formula is C20H34IN3O3. The molecule has 0 radical (unpaired) electrons. The summed E-state index contributed by atoms with van der Waals surface area (Å²) in [7, 11) is 0. The highest BCUT2D eigenvalue weighted by molar-refractivity contribution is 14.0. The summed E-state index contributed by atoms with van der Waals surface area (Å²) >= 11 is 0. The van der Waals surface area contributed by atoms with Gasteiger partial charge in [-0.05, 0) is 38.8 Å². The first-order valence-electron chi connectivity index (χ1n) is 9.65. The van der Waals surface area contributed by atoms with Crippen LogP contribution in [0.25, 0.3) is 0 Å². The first-order valence-corrected chi connectivity index (χ1v) is 9.65. The Morgan fingerprint density at radius 1 is 1.22 bits per heavy atom. The minimum atomic E-state index is 0. The number of nitrogens with zero attached hydrogens (tertiary/aromatic N) is 1. The quantitative estimate of drug-likeness (QED) is 0.216. The minimum absolute atomic E-state index is 0. The summed E-state index contributed by atoms with van der Waals surface area (Å²) in [4.78, 5) is 4.57. The molecule has 1 aliphatic rings. The zero-order chi connectivity index (χ0) is 18.5. The number of nitrogens with one attached hydrogen (secondary N) is 2. The highest BCUT2D eigenvalue weighted by atomic mass is 127. The van der Waals surface area contributed by atoms with E-state index < -0.39 is 0 Å². The van der Waals surface area contributed by atoms with Gasteiger partial charge in [-0.25, -0.2) is 0 Å². The zero-order valence-electron chi connectivity index (χ0n) is 16.5. The van der Waals surface area contributed by atoms with E-state index in [1.54, 1.807) is 0 Å². The Morgan fingerprint density at radius 2 is 2.04 bits per heavy atom. The summed E-state index contributed by atoms with van der Waals surface area (Å²) in [6.07, 6.45) is 2.04. The van der Waals surface area contributed by atoms with Crippen molar-refractivity contribution in [2.45, 2.75) is 26.7 Å². The van der Waals surface area contributed by atoms with Crippen molar-refractivity contribution in [3.8, 4) is 5.75 Å². The lowest BCUT2D eigenvalue weighted by Crippen LogP contribution is -2.39. The van der Waals surface area contributed by atoms with Crippen molar-refractivity contribution >= 4 is 29.9 Å². The Morgan fingerprint density at radius 3 is 2.74 bits per heavy atom. The molecule has 2 rings (SSSR count). The number of ether oxygens (including phenoxy) is 3. The second kappa shape index (κ2) is 14.9. The van der Waals surface area contributed by atoms with Gasteiger partial charge in [-0.15, -0.1) is 24.0 Å². The fourth-order valence-electron chi connectivity index (χ4n) is 2.64. The molecule has 1 aliphatic heterocycles. The van der Waals surface area contributed by atoms with Crippen LogP contribution < -0.4 is 15.4 Å². The summed E-state index contributed by atoms with van der Waals surface area (Å²) in [5.74, 6) is 2.29. The number of aryl methyl sites for hydroxylation is 1. The van der Waals surface area contributed by atoms with E-state index in [4.69, 9.17) is 14.2 Å². The van der Waals surface area contributed by atoms with E-state index in [2.05, 4.69) is 41.6 Å². The first kappa shape index (κ1) is 24.0. The average molecular weight is 491 g/mol. The number of rotatable bonds is 11. The van der Waals surface area contributed by atoms with Crippen LogP contribution in [0.15, 0.2) is 29.3 Å². The highest BCUT2D eigenvalue weighted by Crippen LogP contribution is 2.12. The number of aliphatic imine (C=N–C) groups is 1. The molecule has 1 saturated heterocycles. The maximum Gasteiger partial charge on any atom is 0.191 e. The number of halogens is 1. The van der Waals surface area contributed by atoms with Crippen LogP contribution >= 0.6 is 24.0 Å². The van der Waals surface area contributed by atoms with Gasteiger partial charge in [0.05, 0.1) is 19.8 Å². The molecule has 1 aromatic rings. The highest BCUT2D eigenvalue weighted by Gasteiger charge is 2.15. The molecule has 0 aromatic heterocycles. The van der Waals surface area contributed by atoms with E-state index in [-0.39, 0.29) is 24.0 Å². The average Bonchev–Trinajstić information content (AvgIpc) is 3.16. The predicted octanol–water partition coefficient (Wildman–Crippen LogP) is 2.99. The largest absolute Gasteiger partial charge is 0.492 e. The van der Waals surface area contributed by atoms with E-state index in [0.717, 1.165) is 64.1 Å². The van der Waals surface area contributed by atoms with Gasteiger partial charge in [0.1, 0.15) is 12.4 Å². The summed E-state index contributed by atoms with van der Waals surface area (Å²) in [5.41, 5.74) is 1.23. The summed E-state index contributed by atoms with van der Waals surface area (Å²) in [6, 6.07) is 8.09. The molecule has 154 valence electrons. The summed E-state index contributed by atoms with van der Waals surface area (Å²) in [6.45, 7) is 10.3. The van der Waals surface area contributed by atoms with E-state index >= 15 is 0 Å². The molecule has 0 saturated carbocycles. The maximum atomic E-state index is 5.72. The summed E-state index contributed by atoms with van der Waals surface area (Å²) in [5, 5.41) is 6.54. The third-order valence-corrected chi connectivity index (χ3v) is 4.12.